The van der Waals surface area contributed by atoms with E-state index in [4.69, 9.17) is 17.4 Å². The molecule has 0 aliphatic heterocycles. The average Bonchev–Trinajstić information content (AvgIpc) is 2.87. The second-order valence-corrected chi connectivity index (χ2v) is 5.43. The number of hydrogen-bond acceptors (Lipinski definition) is 3. The molecule has 0 saturated carbocycles. The van der Waals surface area contributed by atoms with E-state index in [0.29, 0.717) is 11.4 Å². The molecule has 6 heteroatoms. The molecule has 2 aromatic rings. The normalized spacial score (nSPS) is 12.6. The van der Waals surface area contributed by atoms with E-state index in [1.165, 1.54) is 0 Å². The van der Waals surface area contributed by atoms with Crippen molar-refractivity contribution in [1.29, 1.82) is 0 Å². The van der Waals surface area contributed by atoms with Crippen LogP contribution >= 0.6 is 27.5 Å². The number of hydrogen-bond donors (Lipinski definition) is 2. The van der Waals surface area contributed by atoms with Crippen molar-refractivity contribution in [2.75, 3.05) is 0 Å². The first kappa shape index (κ1) is 14.5. The van der Waals surface area contributed by atoms with Crippen LogP contribution in [0.4, 0.5) is 0 Å². The quantitative estimate of drug-likeness (QED) is 0.648. The van der Waals surface area contributed by atoms with E-state index < -0.39 is 0 Å². The topological polar surface area (TPSA) is 55.9 Å². The molecule has 1 unspecified atom stereocenters. The van der Waals surface area contributed by atoms with Crippen molar-refractivity contribution in [1.82, 2.24) is 15.0 Å². The van der Waals surface area contributed by atoms with Crippen LogP contribution in [0.25, 0.3) is 0 Å². The first-order valence-corrected chi connectivity index (χ1v) is 7.24. The highest BCUT2D eigenvalue weighted by Gasteiger charge is 2.17. The van der Waals surface area contributed by atoms with Crippen LogP contribution in [-0.2, 0) is 13.0 Å². The van der Waals surface area contributed by atoms with E-state index in [1.807, 2.05) is 24.4 Å². The van der Waals surface area contributed by atoms with E-state index in [1.54, 1.807) is 6.20 Å². The van der Waals surface area contributed by atoms with Crippen LogP contribution in [0.2, 0.25) is 5.02 Å². The van der Waals surface area contributed by atoms with Crippen molar-refractivity contribution >= 4 is 27.5 Å². The maximum Gasteiger partial charge on any atom is 0.110 e. The summed E-state index contributed by atoms with van der Waals surface area (Å²) in [6.45, 7) is 2.97. The third-order valence-corrected chi connectivity index (χ3v) is 4.40. The molecule has 0 saturated heterocycles. The monoisotopic (exact) mass is 342 g/mol. The zero-order valence-electron chi connectivity index (χ0n) is 10.6. The van der Waals surface area contributed by atoms with Crippen LogP contribution in [0.3, 0.4) is 0 Å². The number of hydrazine groups is 1. The predicted octanol–water partition coefficient (Wildman–Crippen LogP) is 3.07. The summed E-state index contributed by atoms with van der Waals surface area (Å²) in [5.74, 6) is 6.66. The van der Waals surface area contributed by atoms with Crippen LogP contribution in [0.15, 0.2) is 35.1 Å². The number of aryl methyl sites for hydroxylation is 1. The Balaban J connectivity index is 2.28. The average molecular weight is 344 g/mol. The Morgan fingerprint density at radius 3 is 3.00 bits per heavy atom. The van der Waals surface area contributed by atoms with Gasteiger partial charge in [0.2, 0.25) is 0 Å². The van der Waals surface area contributed by atoms with Gasteiger partial charge in [-0.1, -0.05) is 23.7 Å². The Kier molecular flexibility index (Phi) is 4.99. The number of nitrogens with two attached hydrogens (primary N) is 1. The fourth-order valence-corrected chi connectivity index (χ4v) is 2.69. The number of halogens is 2. The minimum atomic E-state index is -0.0716. The third-order valence-electron chi connectivity index (χ3n) is 3.09. The van der Waals surface area contributed by atoms with E-state index in [-0.39, 0.29) is 6.04 Å². The molecule has 0 fully saturated rings. The van der Waals surface area contributed by atoms with E-state index in [2.05, 4.69) is 37.8 Å². The van der Waals surface area contributed by atoms with Gasteiger partial charge in [-0.05, 0) is 34.5 Å². The molecule has 102 valence electrons. The summed E-state index contributed by atoms with van der Waals surface area (Å²) in [6.07, 6.45) is 4.45. The number of benzene rings is 1. The van der Waals surface area contributed by atoms with E-state index in [9.17, 15) is 0 Å². The Morgan fingerprint density at radius 2 is 2.32 bits per heavy atom. The van der Waals surface area contributed by atoms with Crippen molar-refractivity contribution < 1.29 is 0 Å². The van der Waals surface area contributed by atoms with Crippen LogP contribution in [-0.4, -0.2) is 9.55 Å². The molecular weight excluding hydrogens is 328 g/mol. The summed E-state index contributed by atoms with van der Waals surface area (Å²) in [7, 11) is 0. The van der Waals surface area contributed by atoms with Crippen LogP contribution in [0, 0.1) is 0 Å². The molecule has 0 aliphatic carbocycles. The molecule has 0 radical (unpaired) electrons. The summed E-state index contributed by atoms with van der Waals surface area (Å²) in [5, 5.41) is 0.681. The fourth-order valence-electron chi connectivity index (χ4n) is 2.05. The first-order valence-electron chi connectivity index (χ1n) is 6.07. The van der Waals surface area contributed by atoms with Gasteiger partial charge in [0, 0.05) is 29.8 Å². The van der Waals surface area contributed by atoms with Crippen molar-refractivity contribution in [3.63, 3.8) is 0 Å². The van der Waals surface area contributed by atoms with Crippen molar-refractivity contribution in [2.45, 2.75) is 25.9 Å². The standard InChI is InChI=1S/C13H16BrClN4/c1-2-19-7-6-17-12(19)8-11(18-16)9-4-3-5-10(14)13(9)15/h3-7,11,18H,2,8,16H2,1H3. The third kappa shape index (κ3) is 3.17. The van der Waals surface area contributed by atoms with Gasteiger partial charge in [-0.25, -0.2) is 4.98 Å². The first-order chi connectivity index (χ1) is 9.17. The maximum absolute atomic E-state index is 6.31. The van der Waals surface area contributed by atoms with Gasteiger partial charge in [0.15, 0.2) is 0 Å². The number of nitrogens with one attached hydrogen (secondary N) is 1. The second kappa shape index (κ2) is 6.52. The van der Waals surface area contributed by atoms with Crippen molar-refractivity contribution in [3.05, 3.63) is 51.5 Å². The summed E-state index contributed by atoms with van der Waals surface area (Å²) in [5.41, 5.74) is 3.78. The lowest BCUT2D eigenvalue weighted by Gasteiger charge is -2.18. The number of aromatic nitrogens is 2. The maximum atomic E-state index is 6.31. The molecule has 0 amide bonds. The highest BCUT2D eigenvalue weighted by Crippen LogP contribution is 2.31. The predicted molar refractivity (Wildman–Crippen MR) is 80.8 cm³/mol. The largest absolute Gasteiger partial charge is 0.335 e. The molecular formula is C13H16BrClN4. The highest BCUT2D eigenvalue weighted by molar-refractivity contribution is 9.10. The van der Waals surface area contributed by atoms with Gasteiger partial charge in [-0.2, -0.15) is 0 Å². The minimum Gasteiger partial charge on any atom is -0.335 e. The van der Waals surface area contributed by atoms with Gasteiger partial charge < -0.3 is 4.57 Å². The molecule has 0 aliphatic rings. The molecule has 2 rings (SSSR count). The van der Waals surface area contributed by atoms with Crippen LogP contribution < -0.4 is 11.3 Å². The van der Waals surface area contributed by atoms with Gasteiger partial charge in [0.25, 0.3) is 0 Å². The Hall–Kier alpha value is -0.880. The van der Waals surface area contributed by atoms with Gasteiger partial charge in [-0.15, -0.1) is 0 Å². The van der Waals surface area contributed by atoms with Gasteiger partial charge in [-0.3, -0.25) is 11.3 Å². The SMILES string of the molecule is CCn1ccnc1CC(NN)c1cccc(Br)c1Cl. The molecule has 3 N–H and O–H groups in total. The second-order valence-electron chi connectivity index (χ2n) is 4.20. The summed E-state index contributed by atoms with van der Waals surface area (Å²) in [6, 6.07) is 5.75. The van der Waals surface area contributed by atoms with Gasteiger partial charge in [0.05, 0.1) is 11.1 Å². The van der Waals surface area contributed by atoms with Gasteiger partial charge in [0.1, 0.15) is 5.82 Å². The van der Waals surface area contributed by atoms with Gasteiger partial charge >= 0.3 is 0 Å². The Bertz CT molecular complexity index is 555. The molecule has 4 nitrogen and oxygen atoms in total. The molecule has 0 bridgehead atoms. The molecule has 1 aromatic carbocycles. The zero-order valence-corrected chi connectivity index (χ0v) is 12.9. The van der Waals surface area contributed by atoms with Crippen LogP contribution in [0.1, 0.15) is 24.4 Å². The summed E-state index contributed by atoms with van der Waals surface area (Å²) >= 11 is 9.74. The minimum absolute atomic E-state index is 0.0716. The fraction of sp³-hybridized carbons (Fsp3) is 0.308. The molecule has 1 atom stereocenters. The lowest BCUT2D eigenvalue weighted by Crippen LogP contribution is -2.30. The lowest BCUT2D eigenvalue weighted by atomic mass is 10.0. The lowest BCUT2D eigenvalue weighted by molar-refractivity contribution is 0.523. The number of imidazole rings is 1. The number of rotatable bonds is 5. The van der Waals surface area contributed by atoms with Crippen molar-refractivity contribution in [2.24, 2.45) is 5.84 Å². The van der Waals surface area contributed by atoms with E-state index in [0.717, 1.165) is 22.4 Å². The van der Waals surface area contributed by atoms with E-state index >= 15 is 0 Å². The molecule has 0 spiro atoms. The summed E-state index contributed by atoms with van der Waals surface area (Å²) < 4.78 is 2.96. The zero-order chi connectivity index (χ0) is 13.8. The van der Waals surface area contributed by atoms with Crippen LogP contribution in [0.5, 0.6) is 0 Å². The summed E-state index contributed by atoms with van der Waals surface area (Å²) in [4.78, 5) is 4.36. The highest BCUT2D eigenvalue weighted by atomic mass is 79.9. The molecule has 19 heavy (non-hydrogen) atoms. The number of nitrogens with zero attached hydrogens (tertiary/aromatic N) is 2. The smallest absolute Gasteiger partial charge is 0.110 e. The van der Waals surface area contributed by atoms with Crippen molar-refractivity contribution in [3.8, 4) is 0 Å². The molecule has 1 heterocycles. The Morgan fingerprint density at radius 1 is 1.53 bits per heavy atom. The Labute approximate surface area is 126 Å². The molecule has 1 aromatic heterocycles.